The molecular formula is C12H19ClN2O2S. The van der Waals surface area contributed by atoms with Crippen LogP contribution >= 0.6 is 24.2 Å². The van der Waals surface area contributed by atoms with Gasteiger partial charge in [-0.25, -0.2) is 0 Å². The van der Waals surface area contributed by atoms with Gasteiger partial charge in [-0.15, -0.1) is 24.2 Å². The smallest absolute Gasteiger partial charge is 0.230 e. The summed E-state index contributed by atoms with van der Waals surface area (Å²) in [6, 6.07) is 6.84. The molecule has 0 saturated carbocycles. The van der Waals surface area contributed by atoms with Crippen LogP contribution in [-0.2, 0) is 4.79 Å². The van der Waals surface area contributed by atoms with E-state index < -0.39 is 0 Å². The van der Waals surface area contributed by atoms with E-state index in [1.165, 1.54) is 11.8 Å². The van der Waals surface area contributed by atoms with Crippen molar-refractivity contribution in [2.45, 2.75) is 11.3 Å². The van der Waals surface area contributed by atoms with Gasteiger partial charge < -0.3 is 15.7 Å². The molecule has 0 aromatic heterocycles. The Labute approximate surface area is 118 Å². The van der Waals surface area contributed by atoms with Crippen molar-refractivity contribution in [1.82, 2.24) is 10.6 Å². The summed E-state index contributed by atoms with van der Waals surface area (Å²) in [7, 11) is 1.89. The predicted octanol–water partition coefficient (Wildman–Crippen LogP) is 1.63. The molecule has 1 amide bonds. The molecule has 0 fully saturated rings. The van der Waals surface area contributed by atoms with Crippen LogP contribution in [0.3, 0.4) is 0 Å². The van der Waals surface area contributed by atoms with E-state index in [-0.39, 0.29) is 24.1 Å². The molecule has 6 heteroatoms. The van der Waals surface area contributed by atoms with Crippen LogP contribution in [0.4, 0.5) is 0 Å². The number of phenols is 1. The summed E-state index contributed by atoms with van der Waals surface area (Å²) in [5.41, 5.74) is 0. The lowest BCUT2D eigenvalue weighted by Gasteiger charge is -2.05. The molecule has 0 aliphatic rings. The minimum atomic E-state index is 0. The second kappa shape index (κ2) is 10.1. The Morgan fingerprint density at radius 3 is 2.56 bits per heavy atom. The van der Waals surface area contributed by atoms with Crippen molar-refractivity contribution in [3.05, 3.63) is 24.3 Å². The van der Waals surface area contributed by atoms with Crippen molar-refractivity contribution in [3.8, 4) is 5.75 Å². The maximum Gasteiger partial charge on any atom is 0.230 e. The average molecular weight is 291 g/mol. The third kappa shape index (κ3) is 7.42. The highest BCUT2D eigenvalue weighted by Crippen LogP contribution is 2.20. The molecule has 18 heavy (non-hydrogen) atoms. The van der Waals surface area contributed by atoms with Crippen molar-refractivity contribution in [1.29, 1.82) is 0 Å². The van der Waals surface area contributed by atoms with Crippen molar-refractivity contribution in [2.75, 3.05) is 25.9 Å². The number of nitrogens with one attached hydrogen (secondary N) is 2. The fourth-order valence-electron chi connectivity index (χ4n) is 1.24. The molecule has 0 atom stereocenters. The Balaban J connectivity index is 0.00000289. The van der Waals surface area contributed by atoms with Crippen LogP contribution in [0.2, 0.25) is 0 Å². The highest BCUT2D eigenvalue weighted by atomic mass is 35.5. The quantitative estimate of drug-likeness (QED) is 0.528. The summed E-state index contributed by atoms with van der Waals surface area (Å²) < 4.78 is 0. The minimum absolute atomic E-state index is 0. The molecule has 0 unspecified atom stereocenters. The van der Waals surface area contributed by atoms with Crippen LogP contribution in [0.15, 0.2) is 29.2 Å². The molecule has 0 saturated heterocycles. The maximum absolute atomic E-state index is 11.4. The van der Waals surface area contributed by atoms with Gasteiger partial charge in [-0.2, -0.15) is 0 Å². The van der Waals surface area contributed by atoms with Gasteiger partial charge in [0.15, 0.2) is 0 Å². The summed E-state index contributed by atoms with van der Waals surface area (Å²) in [5, 5.41) is 15.0. The number of hydrogen-bond acceptors (Lipinski definition) is 4. The number of hydrogen-bond donors (Lipinski definition) is 3. The molecule has 4 nitrogen and oxygen atoms in total. The lowest BCUT2D eigenvalue weighted by molar-refractivity contribution is -0.118. The first-order valence-corrected chi connectivity index (χ1v) is 6.54. The Hall–Kier alpha value is -0.910. The van der Waals surface area contributed by atoms with Crippen LogP contribution in [-0.4, -0.2) is 36.9 Å². The zero-order valence-corrected chi connectivity index (χ0v) is 11.9. The first-order valence-electron chi connectivity index (χ1n) is 5.55. The topological polar surface area (TPSA) is 61.4 Å². The summed E-state index contributed by atoms with van der Waals surface area (Å²) in [4.78, 5) is 12.4. The second-order valence-electron chi connectivity index (χ2n) is 3.59. The van der Waals surface area contributed by atoms with Gasteiger partial charge in [-0.3, -0.25) is 4.79 Å². The summed E-state index contributed by atoms with van der Waals surface area (Å²) in [6.07, 6.45) is 0.937. The van der Waals surface area contributed by atoms with E-state index in [2.05, 4.69) is 10.6 Å². The predicted molar refractivity (Wildman–Crippen MR) is 77.6 cm³/mol. The summed E-state index contributed by atoms with van der Waals surface area (Å²) in [5.74, 6) is 0.690. The second-order valence-corrected chi connectivity index (χ2v) is 4.64. The van der Waals surface area contributed by atoms with E-state index in [1.54, 1.807) is 24.3 Å². The minimum Gasteiger partial charge on any atom is -0.508 e. The van der Waals surface area contributed by atoms with E-state index in [0.717, 1.165) is 17.9 Å². The zero-order chi connectivity index (χ0) is 12.5. The summed E-state index contributed by atoms with van der Waals surface area (Å²) >= 11 is 1.46. The molecular weight excluding hydrogens is 272 g/mol. The number of benzene rings is 1. The van der Waals surface area contributed by atoms with E-state index in [4.69, 9.17) is 5.11 Å². The van der Waals surface area contributed by atoms with Gasteiger partial charge in [0.25, 0.3) is 0 Å². The molecule has 0 spiro atoms. The van der Waals surface area contributed by atoms with Crippen LogP contribution in [0.1, 0.15) is 6.42 Å². The number of carbonyl (C=O) groups excluding carboxylic acids is 1. The van der Waals surface area contributed by atoms with Crippen molar-refractivity contribution < 1.29 is 9.90 Å². The van der Waals surface area contributed by atoms with Crippen LogP contribution in [0.5, 0.6) is 5.75 Å². The molecule has 0 aliphatic heterocycles. The van der Waals surface area contributed by atoms with Crippen LogP contribution in [0, 0.1) is 0 Å². The van der Waals surface area contributed by atoms with Crippen LogP contribution < -0.4 is 10.6 Å². The maximum atomic E-state index is 11.4. The molecule has 1 rings (SSSR count). The van der Waals surface area contributed by atoms with Gasteiger partial charge in [0.05, 0.1) is 5.75 Å². The largest absolute Gasteiger partial charge is 0.508 e. The van der Waals surface area contributed by atoms with Gasteiger partial charge in [-0.1, -0.05) is 0 Å². The molecule has 102 valence electrons. The molecule has 0 aliphatic carbocycles. The van der Waals surface area contributed by atoms with Gasteiger partial charge >= 0.3 is 0 Å². The first kappa shape index (κ1) is 17.1. The first-order chi connectivity index (χ1) is 8.22. The number of rotatable bonds is 7. The number of aromatic hydroxyl groups is 1. The Morgan fingerprint density at radius 1 is 1.28 bits per heavy atom. The molecule has 0 bridgehead atoms. The van der Waals surface area contributed by atoms with E-state index >= 15 is 0 Å². The van der Waals surface area contributed by atoms with E-state index in [0.29, 0.717) is 12.3 Å². The lowest BCUT2D eigenvalue weighted by Crippen LogP contribution is -2.27. The third-order valence-electron chi connectivity index (χ3n) is 2.13. The van der Waals surface area contributed by atoms with Gasteiger partial charge in [0.2, 0.25) is 5.91 Å². The molecule has 3 N–H and O–H groups in total. The van der Waals surface area contributed by atoms with E-state index in [9.17, 15) is 4.79 Å². The molecule has 1 aromatic carbocycles. The monoisotopic (exact) mass is 290 g/mol. The van der Waals surface area contributed by atoms with Gasteiger partial charge in [-0.05, 0) is 44.3 Å². The number of amides is 1. The molecule has 0 radical (unpaired) electrons. The molecule has 0 heterocycles. The fraction of sp³-hybridized carbons (Fsp3) is 0.417. The Morgan fingerprint density at radius 2 is 1.94 bits per heavy atom. The Bertz CT molecular complexity index is 346. The van der Waals surface area contributed by atoms with Gasteiger partial charge in [0, 0.05) is 11.4 Å². The van der Waals surface area contributed by atoms with E-state index in [1.807, 2.05) is 7.05 Å². The molecule has 1 aromatic rings. The van der Waals surface area contributed by atoms with Crippen molar-refractivity contribution in [2.24, 2.45) is 0 Å². The number of carbonyl (C=O) groups is 1. The van der Waals surface area contributed by atoms with Crippen molar-refractivity contribution >= 4 is 30.1 Å². The SMILES string of the molecule is CNCCCNC(=O)CSc1ccc(O)cc1.Cl. The highest BCUT2D eigenvalue weighted by molar-refractivity contribution is 8.00. The third-order valence-corrected chi connectivity index (χ3v) is 3.14. The number of halogens is 1. The highest BCUT2D eigenvalue weighted by Gasteiger charge is 2.01. The fourth-order valence-corrected chi connectivity index (χ4v) is 1.96. The number of thioether (sulfide) groups is 1. The summed E-state index contributed by atoms with van der Waals surface area (Å²) in [6.45, 7) is 1.61. The van der Waals surface area contributed by atoms with Gasteiger partial charge in [0.1, 0.15) is 5.75 Å². The normalized spacial score (nSPS) is 9.61. The average Bonchev–Trinajstić information content (AvgIpc) is 2.34. The Kier molecular flexibility index (Phi) is 9.55. The van der Waals surface area contributed by atoms with Crippen molar-refractivity contribution in [3.63, 3.8) is 0 Å². The zero-order valence-electron chi connectivity index (χ0n) is 10.3. The number of phenolic OH excluding ortho intramolecular Hbond substituents is 1. The standard InChI is InChI=1S/C12H18N2O2S.ClH/c1-13-7-2-8-14-12(16)9-17-11-5-3-10(15)4-6-11;/h3-6,13,15H,2,7-9H2,1H3,(H,14,16);1H. The lowest BCUT2D eigenvalue weighted by atomic mass is 10.3. The van der Waals surface area contributed by atoms with Crippen LogP contribution in [0.25, 0.3) is 0 Å².